The van der Waals surface area contributed by atoms with E-state index in [1.807, 2.05) is 18.2 Å². The van der Waals surface area contributed by atoms with Crippen LogP contribution in [-0.2, 0) is 4.79 Å². The van der Waals surface area contributed by atoms with Gasteiger partial charge in [-0.3, -0.25) is 15.0 Å². The van der Waals surface area contributed by atoms with E-state index in [0.29, 0.717) is 17.9 Å². The fourth-order valence-corrected chi connectivity index (χ4v) is 3.31. The molecule has 0 bridgehead atoms. The van der Waals surface area contributed by atoms with Crippen LogP contribution in [0.25, 0.3) is 0 Å². The summed E-state index contributed by atoms with van der Waals surface area (Å²) < 4.78 is 11.5. The molecule has 2 N–H and O–H groups in total. The summed E-state index contributed by atoms with van der Waals surface area (Å²) in [4.78, 5) is 13.9. The van der Waals surface area contributed by atoms with E-state index in [-0.39, 0.29) is 24.7 Å². The van der Waals surface area contributed by atoms with E-state index in [1.54, 1.807) is 12.0 Å². The van der Waals surface area contributed by atoms with Crippen molar-refractivity contribution in [3.63, 3.8) is 0 Å². The van der Waals surface area contributed by atoms with Crippen LogP contribution in [0.15, 0.2) is 23.4 Å². The van der Waals surface area contributed by atoms with Crippen LogP contribution in [0.5, 0.6) is 11.5 Å². The average Bonchev–Trinajstić information content (AvgIpc) is 3.22. The number of nitrogens with zero attached hydrogens (tertiary/aromatic N) is 2. The van der Waals surface area contributed by atoms with Crippen LogP contribution in [0.2, 0.25) is 0 Å². The van der Waals surface area contributed by atoms with E-state index < -0.39 is 0 Å². The third-order valence-electron chi connectivity index (χ3n) is 4.50. The van der Waals surface area contributed by atoms with Crippen molar-refractivity contribution in [3.05, 3.63) is 18.2 Å². The second-order valence-corrected chi connectivity index (χ2v) is 6.05. The highest BCUT2D eigenvalue weighted by atomic mass is 16.5. The van der Waals surface area contributed by atoms with Crippen molar-refractivity contribution in [2.45, 2.75) is 44.4 Å². The van der Waals surface area contributed by atoms with Gasteiger partial charge in [0.15, 0.2) is 11.5 Å². The van der Waals surface area contributed by atoms with Crippen LogP contribution in [0.1, 0.15) is 32.1 Å². The predicted octanol–water partition coefficient (Wildman–Crippen LogP) is 2.13. The Kier molecular flexibility index (Phi) is 5.20. The standard InChI is InChI=1S/C17H23N3O4/c1-23-14-7-6-12(10-15(14)24-13-4-2-3-5-13)20-16(8-9-19-22)18-11-17(20)21/h6-7,9-10,13,16,18,22H,2-5,8,11H2,1H3. The molecule has 0 spiro atoms. The Morgan fingerprint density at radius 1 is 1.38 bits per heavy atom. The zero-order chi connectivity index (χ0) is 16.9. The zero-order valence-electron chi connectivity index (χ0n) is 13.8. The largest absolute Gasteiger partial charge is 0.493 e. The zero-order valence-corrected chi connectivity index (χ0v) is 13.8. The summed E-state index contributed by atoms with van der Waals surface area (Å²) in [5, 5.41) is 14.8. The molecule has 0 aromatic heterocycles. The first kappa shape index (κ1) is 16.6. The summed E-state index contributed by atoms with van der Waals surface area (Å²) >= 11 is 0. The molecule has 1 saturated carbocycles. The van der Waals surface area contributed by atoms with E-state index in [2.05, 4.69) is 10.5 Å². The molecule has 7 heteroatoms. The van der Waals surface area contributed by atoms with Crippen LogP contribution < -0.4 is 19.7 Å². The van der Waals surface area contributed by atoms with E-state index >= 15 is 0 Å². The van der Waals surface area contributed by atoms with Gasteiger partial charge in [0.25, 0.3) is 0 Å². The minimum absolute atomic E-state index is 0.0247. The van der Waals surface area contributed by atoms with Gasteiger partial charge in [-0.1, -0.05) is 0 Å². The van der Waals surface area contributed by atoms with Gasteiger partial charge in [0, 0.05) is 24.4 Å². The third kappa shape index (κ3) is 3.46. The first-order valence-corrected chi connectivity index (χ1v) is 8.29. The molecule has 1 aromatic rings. The molecule has 3 rings (SSSR count). The van der Waals surface area contributed by atoms with Gasteiger partial charge < -0.3 is 14.7 Å². The van der Waals surface area contributed by atoms with Crippen molar-refractivity contribution in [1.82, 2.24) is 5.32 Å². The second kappa shape index (κ2) is 7.53. The van der Waals surface area contributed by atoms with Crippen molar-refractivity contribution in [2.75, 3.05) is 18.6 Å². The number of hydrogen-bond acceptors (Lipinski definition) is 6. The van der Waals surface area contributed by atoms with Gasteiger partial charge >= 0.3 is 0 Å². The fraction of sp³-hybridized carbons (Fsp3) is 0.529. The normalized spacial score (nSPS) is 21.8. The van der Waals surface area contributed by atoms with Crippen LogP contribution >= 0.6 is 0 Å². The van der Waals surface area contributed by atoms with Crippen LogP contribution in [0, 0.1) is 0 Å². The van der Waals surface area contributed by atoms with Crippen molar-refractivity contribution in [2.24, 2.45) is 5.16 Å². The number of carbonyl (C=O) groups is 1. The molecule has 130 valence electrons. The summed E-state index contributed by atoms with van der Waals surface area (Å²) in [7, 11) is 1.61. The predicted molar refractivity (Wildman–Crippen MR) is 90.1 cm³/mol. The summed E-state index contributed by atoms with van der Waals surface area (Å²) in [5.41, 5.74) is 0.745. The van der Waals surface area contributed by atoms with Crippen molar-refractivity contribution >= 4 is 17.8 Å². The van der Waals surface area contributed by atoms with Crippen LogP contribution in [0.4, 0.5) is 5.69 Å². The van der Waals surface area contributed by atoms with E-state index in [0.717, 1.165) is 18.5 Å². The lowest BCUT2D eigenvalue weighted by Crippen LogP contribution is -2.37. The number of ether oxygens (including phenoxy) is 2. The second-order valence-electron chi connectivity index (χ2n) is 6.05. The van der Waals surface area contributed by atoms with Gasteiger partial charge in [0.2, 0.25) is 5.91 Å². The van der Waals surface area contributed by atoms with E-state index in [1.165, 1.54) is 19.1 Å². The first-order valence-electron chi connectivity index (χ1n) is 8.29. The van der Waals surface area contributed by atoms with Gasteiger partial charge in [-0.15, -0.1) is 5.16 Å². The molecule has 1 heterocycles. The maximum absolute atomic E-state index is 12.2. The van der Waals surface area contributed by atoms with E-state index in [9.17, 15) is 4.79 Å². The lowest BCUT2D eigenvalue weighted by Gasteiger charge is -2.25. The molecule has 1 aromatic carbocycles. The molecule has 24 heavy (non-hydrogen) atoms. The van der Waals surface area contributed by atoms with Gasteiger partial charge in [-0.25, -0.2) is 0 Å². The molecule has 1 aliphatic carbocycles. The highest BCUT2D eigenvalue weighted by molar-refractivity contribution is 5.98. The van der Waals surface area contributed by atoms with Gasteiger partial charge in [-0.05, 0) is 37.8 Å². The number of amides is 1. The molecular formula is C17H23N3O4. The lowest BCUT2D eigenvalue weighted by atomic mass is 10.2. The summed E-state index contributed by atoms with van der Waals surface area (Å²) in [6.07, 6.45) is 6.24. The molecule has 1 atom stereocenters. The third-order valence-corrected chi connectivity index (χ3v) is 4.50. The molecule has 1 aliphatic heterocycles. The molecule has 2 fully saturated rings. The number of oxime groups is 1. The Morgan fingerprint density at radius 2 is 2.17 bits per heavy atom. The summed E-state index contributed by atoms with van der Waals surface area (Å²) in [6, 6.07) is 5.52. The van der Waals surface area contributed by atoms with Gasteiger partial charge in [0.05, 0.1) is 25.9 Å². The number of anilines is 1. The smallest absolute Gasteiger partial charge is 0.242 e. The topological polar surface area (TPSA) is 83.4 Å². The highest BCUT2D eigenvalue weighted by Crippen LogP contribution is 2.36. The first-order chi connectivity index (χ1) is 11.7. The molecule has 7 nitrogen and oxygen atoms in total. The Bertz CT molecular complexity index is 614. The van der Waals surface area contributed by atoms with Gasteiger partial charge in [-0.2, -0.15) is 0 Å². The van der Waals surface area contributed by atoms with Crippen LogP contribution in [0.3, 0.4) is 0 Å². The number of rotatable bonds is 6. The average molecular weight is 333 g/mol. The number of benzene rings is 1. The Hall–Kier alpha value is -2.28. The summed E-state index contributed by atoms with van der Waals surface area (Å²) in [6.45, 7) is 0.259. The Labute approximate surface area is 141 Å². The lowest BCUT2D eigenvalue weighted by molar-refractivity contribution is -0.116. The molecule has 2 aliphatic rings. The monoisotopic (exact) mass is 333 g/mol. The van der Waals surface area contributed by atoms with Gasteiger partial charge in [0.1, 0.15) is 0 Å². The molecule has 1 saturated heterocycles. The van der Waals surface area contributed by atoms with E-state index in [4.69, 9.17) is 14.7 Å². The van der Waals surface area contributed by atoms with Crippen LogP contribution in [-0.4, -0.2) is 43.3 Å². The minimum Gasteiger partial charge on any atom is -0.493 e. The Morgan fingerprint density at radius 3 is 2.88 bits per heavy atom. The SMILES string of the molecule is COc1ccc(N2C(=O)CNC2CC=NO)cc1OC1CCCC1. The molecule has 1 unspecified atom stereocenters. The quantitative estimate of drug-likeness (QED) is 0.473. The summed E-state index contributed by atoms with van der Waals surface area (Å²) in [5.74, 6) is 1.30. The number of hydrogen-bond donors (Lipinski definition) is 2. The fourth-order valence-electron chi connectivity index (χ4n) is 3.31. The maximum atomic E-state index is 12.2. The number of nitrogens with one attached hydrogen (secondary N) is 1. The molecule has 0 radical (unpaired) electrons. The Balaban J connectivity index is 1.84. The molecular weight excluding hydrogens is 310 g/mol. The maximum Gasteiger partial charge on any atom is 0.242 e. The van der Waals surface area contributed by atoms with Crippen molar-refractivity contribution < 1.29 is 19.5 Å². The number of methoxy groups -OCH3 is 1. The minimum atomic E-state index is -0.235. The van der Waals surface area contributed by atoms with Crippen molar-refractivity contribution in [1.29, 1.82) is 0 Å². The van der Waals surface area contributed by atoms with Crippen molar-refractivity contribution in [3.8, 4) is 11.5 Å². The number of carbonyl (C=O) groups excluding carboxylic acids is 1. The highest BCUT2D eigenvalue weighted by Gasteiger charge is 2.32. The molecule has 1 amide bonds.